The van der Waals surface area contributed by atoms with E-state index in [9.17, 15) is 4.79 Å². The summed E-state index contributed by atoms with van der Waals surface area (Å²) < 4.78 is 11.1. The average Bonchev–Trinajstić information content (AvgIpc) is 3.19. The van der Waals surface area contributed by atoms with Gasteiger partial charge in [-0.3, -0.25) is 9.69 Å². The van der Waals surface area contributed by atoms with Crippen LogP contribution in [0, 0.1) is 13.8 Å². The molecule has 2 aromatic carbocycles. The predicted molar refractivity (Wildman–Crippen MR) is 127 cm³/mol. The van der Waals surface area contributed by atoms with E-state index in [1.165, 1.54) is 22.5 Å². The Balaban J connectivity index is 1.30. The number of hydrogen-bond acceptors (Lipinski definition) is 6. The molecule has 0 aliphatic carbocycles. The standard InChI is InChI=1S/C25H29N3O3S/c1-18-4-8-22(9-5-18)31-17-23-26-19(2)24(32-23)25(29)28-14-12-27(13-15-28)16-20-6-10-21(30-3)11-7-20/h4-11H,12-17H2,1-3H3. The lowest BCUT2D eigenvalue weighted by molar-refractivity contribution is 0.0632. The lowest BCUT2D eigenvalue weighted by Crippen LogP contribution is -2.48. The minimum atomic E-state index is 0.0747. The minimum absolute atomic E-state index is 0.0747. The number of aromatic nitrogens is 1. The number of rotatable bonds is 7. The number of carbonyl (C=O) groups excluding carboxylic acids is 1. The van der Waals surface area contributed by atoms with Crippen LogP contribution in [-0.2, 0) is 13.2 Å². The van der Waals surface area contributed by atoms with Gasteiger partial charge in [-0.1, -0.05) is 29.8 Å². The summed E-state index contributed by atoms with van der Waals surface area (Å²) in [4.78, 5) is 22.7. The summed E-state index contributed by atoms with van der Waals surface area (Å²) in [5, 5.41) is 0.824. The molecule has 168 valence electrons. The number of amides is 1. The van der Waals surface area contributed by atoms with Gasteiger partial charge in [0, 0.05) is 32.7 Å². The Hall–Kier alpha value is -2.90. The van der Waals surface area contributed by atoms with Crippen LogP contribution in [0.25, 0.3) is 0 Å². The van der Waals surface area contributed by atoms with Gasteiger partial charge in [-0.05, 0) is 43.7 Å². The quantitative estimate of drug-likeness (QED) is 0.536. The summed E-state index contributed by atoms with van der Waals surface area (Å²) in [5.74, 6) is 1.75. The third-order valence-electron chi connectivity index (χ3n) is 5.64. The van der Waals surface area contributed by atoms with Crippen LogP contribution in [0.5, 0.6) is 11.5 Å². The summed E-state index contributed by atoms with van der Waals surface area (Å²) in [6.45, 7) is 8.37. The van der Waals surface area contributed by atoms with E-state index < -0.39 is 0 Å². The Morgan fingerprint density at radius 3 is 2.28 bits per heavy atom. The van der Waals surface area contributed by atoms with E-state index in [2.05, 4.69) is 22.0 Å². The van der Waals surface area contributed by atoms with Crippen LogP contribution in [-0.4, -0.2) is 54.0 Å². The van der Waals surface area contributed by atoms with Crippen LogP contribution in [0.3, 0.4) is 0 Å². The van der Waals surface area contributed by atoms with Crippen molar-refractivity contribution in [2.75, 3.05) is 33.3 Å². The van der Waals surface area contributed by atoms with Gasteiger partial charge in [-0.15, -0.1) is 11.3 Å². The van der Waals surface area contributed by atoms with Gasteiger partial charge in [-0.2, -0.15) is 0 Å². The van der Waals surface area contributed by atoms with E-state index in [-0.39, 0.29) is 5.91 Å². The van der Waals surface area contributed by atoms with Crippen molar-refractivity contribution >= 4 is 17.2 Å². The highest BCUT2D eigenvalue weighted by Gasteiger charge is 2.25. The van der Waals surface area contributed by atoms with Crippen molar-refractivity contribution < 1.29 is 14.3 Å². The lowest BCUT2D eigenvalue weighted by Gasteiger charge is -2.34. The first-order valence-corrected chi connectivity index (χ1v) is 11.6. The molecule has 6 nitrogen and oxygen atoms in total. The van der Waals surface area contributed by atoms with E-state index in [4.69, 9.17) is 9.47 Å². The molecule has 32 heavy (non-hydrogen) atoms. The fraction of sp³-hybridized carbons (Fsp3) is 0.360. The molecule has 0 saturated carbocycles. The smallest absolute Gasteiger partial charge is 0.265 e. The Bertz CT molecular complexity index is 1040. The van der Waals surface area contributed by atoms with Gasteiger partial charge in [-0.25, -0.2) is 4.98 Å². The molecule has 0 radical (unpaired) electrons. The number of benzene rings is 2. The molecule has 7 heteroatoms. The van der Waals surface area contributed by atoms with E-state index >= 15 is 0 Å². The number of thiazole rings is 1. The molecule has 0 unspecified atom stereocenters. The van der Waals surface area contributed by atoms with Crippen molar-refractivity contribution in [3.63, 3.8) is 0 Å². The molecule has 1 saturated heterocycles. The highest BCUT2D eigenvalue weighted by Crippen LogP contribution is 2.23. The largest absolute Gasteiger partial charge is 0.497 e. The van der Waals surface area contributed by atoms with Crippen molar-refractivity contribution in [3.8, 4) is 11.5 Å². The number of nitrogens with zero attached hydrogens (tertiary/aromatic N) is 3. The summed E-state index contributed by atoms with van der Waals surface area (Å²) in [6.07, 6.45) is 0. The van der Waals surface area contributed by atoms with E-state index in [0.717, 1.165) is 59.8 Å². The van der Waals surface area contributed by atoms with Gasteiger partial charge in [0.05, 0.1) is 12.8 Å². The molecular formula is C25H29N3O3S. The third-order valence-corrected chi connectivity index (χ3v) is 6.76. The summed E-state index contributed by atoms with van der Waals surface area (Å²) in [6, 6.07) is 16.1. The van der Waals surface area contributed by atoms with Gasteiger partial charge < -0.3 is 14.4 Å². The van der Waals surface area contributed by atoms with Gasteiger partial charge in [0.2, 0.25) is 0 Å². The number of piperazine rings is 1. The van der Waals surface area contributed by atoms with Crippen LogP contribution in [0.15, 0.2) is 48.5 Å². The van der Waals surface area contributed by atoms with Crippen LogP contribution in [0.2, 0.25) is 0 Å². The molecule has 0 bridgehead atoms. The van der Waals surface area contributed by atoms with Gasteiger partial charge >= 0.3 is 0 Å². The van der Waals surface area contributed by atoms with E-state index in [1.807, 2.05) is 55.1 Å². The molecule has 1 aliphatic heterocycles. The van der Waals surface area contributed by atoms with Crippen molar-refractivity contribution in [1.29, 1.82) is 0 Å². The first-order valence-electron chi connectivity index (χ1n) is 10.8. The molecule has 0 spiro atoms. The van der Waals surface area contributed by atoms with Crippen molar-refractivity contribution in [1.82, 2.24) is 14.8 Å². The lowest BCUT2D eigenvalue weighted by atomic mass is 10.2. The number of aryl methyl sites for hydroxylation is 2. The van der Waals surface area contributed by atoms with Gasteiger partial charge in [0.25, 0.3) is 5.91 Å². The number of carbonyl (C=O) groups is 1. The molecule has 2 heterocycles. The first-order chi connectivity index (χ1) is 15.5. The Labute approximate surface area is 193 Å². The number of methoxy groups -OCH3 is 1. The number of ether oxygens (including phenoxy) is 2. The third kappa shape index (κ3) is 5.47. The summed E-state index contributed by atoms with van der Waals surface area (Å²) in [7, 11) is 1.68. The monoisotopic (exact) mass is 451 g/mol. The fourth-order valence-electron chi connectivity index (χ4n) is 3.73. The Morgan fingerprint density at radius 2 is 1.62 bits per heavy atom. The molecule has 1 aliphatic rings. The van der Waals surface area contributed by atoms with Crippen molar-refractivity contribution in [2.24, 2.45) is 0 Å². The molecule has 1 aromatic heterocycles. The Morgan fingerprint density at radius 1 is 0.969 bits per heavy atom. The predicted octanol–water partition coefficient (Wildman–Crippen LogP) is 4.31. The normalized spacial score (nSPS) is 14.4. The Kier molecular flexibility index (Phi) is 7.07. The van der Waals surface area contributed by atoms with Crippen LogP contribution < -0.4 is 9.47 Å². The van der Waals surface area contributed by atoms with Gasteiger partial charge in [0.15, 0.2) is 0 Å². The van der Waals surface area contributed by atoms with Gasteiger partial charge in [0.1, 0.15) is 28.0 Å². The summed E-state index contributed by atoms with van der Waals surface area (Å²) >= 11 is 1.44. The van der Waals surface area contributed by atoms with E-state index in [0.29, 0.717) is 6.61 Å². The van der Waals surface area contributed by atoms with Crippen LogP contribution in [0.4, 0.5) is 0 Å². The second-order valence-corrected chi connectivity index (χ2v) is 9.12. The zero-order valence-corrected chi connectivity index (χ0v) is 19.7. The first kappa shape index (κ1) is 22.3. The summed E-state index contributed by atoms with van der Waals surface area (Å²) in [5.41, 5.74) is 3.23. The molecule has 4 rings (SSSR count). The molecular weight excluding hydrogens is 422 g/mol. The maximum atomic E-state index is 13.1. The second-order valence-electron chi connectivity index (χ2n) is 8.04. The highest BCUT2D eigenvalue weighted by atomic mass is 32.1. The maximum Gasteiger partial charge on any atom is 0.265 e. The molecule has 0 atom stereocenters. The fourth-order valence-corrected chi connectivity index (χ4v) is 4.68. The van der Waals surface area contributed by atoms with Crippen LogP contribution in [0.1, 0.15) is 31.5 Å². The zero-order valence-electron chi connectivity index (χ0n) is 18.8. The van der Waals surface area contributed by atoms with E-state index in [1.54, 1.807) is 7.11 Å². The molecule has 0 N–H and O–H groups in total. The van der Waals surface area contributed by atoms with Crippen molar-refractivity contribution in [2.45, 2.75) is 27.0 Å². The SMILES string of the molecule is COc1ccc(CN2CCN(C(=O)c3sc(COc4ccc(C)cc4)nc3C)CC2)cc1. The highest BCUT2D eigenvalue weighted by molar-refractivity contribution is 7.13. The minimum Gasteiger partial charge on any atom is -0.497 e. The maximum absolute atomic E-state index is 13.1. The number of hydrogen-bond donors (Lipinski definition) is 0. The van der Waals surface area contributed by atoms with Crippen LogP contribution >= 0.6 is 11.3 Å². The molecule has 1 amide bonds. The second kappa shape index (κ2) is 10.1. The zero-order chi connectivity index (χ0) is 22.5. The van der Waals surface area contributed by atoms with Crippen molar-refractivity contribution in [3.05, 3.63) is 75.2 Å². The molecule has 3 aromatic rings. The average molecular weight is 452 g/mol. The molecule has 1 fully saturated rings. The topological polar surface area (TPSA) is 54.9 Å².